The summed E-state index contributed by atoms with van der Waals surface area (Å²) in [6.45, 7) is 5.46. The number of nitrogens with two attached hydrogens (primary N) is 1. The van der Waals surface area contributed by atoms with Crippen molar-refractivity contribution in [1.82, 2.24) is 9.78 Å². The summed E-state index contributed by atoms with van der Waals surface area (Å²) in [6, 6.07) is -0.921. The summed E-state index contributed by atoms with van der Waals surface area (Å²) >= 11 is 7.60. The summed E-state index contributed by atoms with van der Waals surface area (Å²) in [5.41, 5.74) is 7.32. The zero-order chi connectivity index (χ0) is 14.1. The lowest BCUT2D eigenvalue weighted by atomic mass is 10.1. The minimum Gasteiger partial charge on any atom is -0.480 e. The van der Waals surface area contributed by atoms with Crippen LogP contribution in [0.2, 0.25) is 5.02 Å². The quantitative estimate of drug-likeness (QED) is 0.865. The molecule has 0 radical (unpaired) electrons. The van der Waals surface area contributed by atoms with Crippen molar-refractivity contribution in [3.8, 4) is 0 Å². The number of aryl methyl sites for hydroxylation is 2. The first-order valence-corrected chi connectivity index (χ1v) is 6.83. The Morgan fingerprint density at radius 1 is 1.67 bits per heavy atom. The number of halogens is 1. The van der Waals surface area contributed by atoms with Gasteiger partial charge in [0.25, 0.3) is 0 Å². The van der Waals surface area contributed by atoms with Crippen LogP contribution in [-0.4, -0.2) is 31.6 Å². The minimum absolute atomic E-state index is 0.574. The number of aromatic nitrogens is 2. The van der Waals surface area contributed by atoms with Crippen LogP contribution in [0.1, 0.15) is 25.2 Å². The number of rotatable bonds is 5. The number of hydrogen-bond acceptors (Lipinski definition) is 4. The highest BCUT2D eigenvalue weighted by Gasteiger charge is 2.33. The van der Waals surface area contributed by atoms with Crippen LogP contribution in [0.15, 0.2) is 0 Å². The molecule has 0 amide bonds. The van der Waals surface area contributed by atoms with Crippen molar-refractivity contribution in [2.24, 2.45) is 12.8 Å². The fraction of sp³-hybridized carbons (Fsp3) is 0.636. The maximum atomic E-state index is 10.9. The lowest BCUT2D eigenvalue weighted by Crippen LogP contribution is -2.46. The van der Waals surface area contributed by atoms with Gasteiger partial charge in [0.1, 0.15) is 6.04 Å². The fourth-order valence-corrected chi connectivity index (χ4v) is 2.90. The summed E-state index contributed by atoms with van der Waals surface area (Å²) < 4.78 is 1.14. The average Bonchev–Trinajstić information content (AvgIpc) is 2.50. The van der Waals surface area contributed by atoms with Gasteiger partial charge >= 0.3 is 5.97 Å². The summed E-state index contributed by atoms with van der Waals surface area (Å²) in [6.07, 6.45) is 0. The van der Waals surface area contributed by atoms with Crippen molar-refractivity contribution in [2.45, 2.75) is 37.3 Å². The van der Waals surface area contributed by atoms with Crippen molar-refractivity contribution in [2.75, 3.05) is 0 Å². The summed E-state index contributed by atoms with van der Waals surface area (Å²) in [7, 11) is 1.82. The van der Waals surface area contributed by atoms with E-state index < -0.39 is 16.8 Å². The molecule has 1 heterocycles. The molecule has 0 bridgehead atoms. The highest BCUT2D eigenvalue weighted by Crippen LogP contribution is 2.33. The van der Waals surface area contributed by atoms with E-state index in [1.807, 2.05) is 27.8 Å². The SMILES string of the molecule is Cc1nn(C)c(CSC(C)(C)[C@H](N)C(=O)O)c1Cl. The molecule has 0 saturated heterocycles. The summed E-state index contributed by atoms with van der Waals surface area (Å²) in [4.78, 5) is 10.9. The molecular formula is C11H18ClN3O2S. The van der Waals surface area contributed by atoms with Gasteiger partial charge in [-0.1, -0.05) is 11.6 Å². The van der Waals surface area contributed by atoms with Gasteiger partial charge in [0, 0.05) is 17.5 Å². The van der Waals surface area contributed by atoms with E-state index in [-0.39, 0.29) is 0 Å². The molecule has 1 rings (SSSR count). The van der Waals surface area contributed by atoms with Gasteiger partial charge in [0.2, 0.25) is 0 Å². The third-order valence-corrected chi connectivity index (χ3v) is 4.76. The van der Waals surface area contributed by atoms with E-state index in [0.29, 0.717) is 10.8 Å². The summed E-state index contributed by atoms with van der Waals surface area (Å²) in [5.74, 6) is -0.427. The number of hydrogen-bond donors (Lipinski definition) is 2. The van der Waals surface area contributed by atoms with Gasteiger partial charge in [0.15, 0.2) is 0 Å². The first-order chi connectivity index (χ1) is 8.16. The normalized spacial score (nSPS) is 13.7. The third kappa shape index (κ3) is 3.18. The Bertz CT molecular complexity index is 459. The zero-order valence-electron chi connectivity index (χ0n) is 10.9. The van der Waals surface area contributed by atoms with E-state index in [0.717, 1.165) is 11.4 Å². The smallest absolute Gasteiger partial charge is 0.321 e. The topological polar surface area (TPSA) is 81.1 Å². The van der Waals surface area contributed by atoms with Crippen molar-refractivity contribution in [1.29, 1.82) is 0 Å². The van der Waals surface area contributed by atoms with Crippen LogP contribution < -0.4 is 5.73 Å². The maximum absolute atomic E-state index is 10.9. The van der Waals surface area contributed by atoms with E-state index >= 15 is 0 Å². The van der Waals surface area contributed by atoms with Gasteiger partial charge in [0.05, 0.1) is 16.4 Å². The van der Waals surface area contributed by atoms with Crippen LogP contribution in [0.25, 0.3) is 0 Å². The van der Waals surface area contributed by atoms with Crippen LogP contribution in [0, 0.1) is 6.92 Å². The molecule has 7 heteroatoms. The van der Waals surface area contributed by atoms with E-state index in [4.69, 9.17) is 22.4 Å². The van der Waals surface area contributed by atoms with Gasteiger partial charge in [-0.2, -0.15) is 5.10 Å². The largest absolute Gasteiger partial charge is 0.480 e. The van der Waals surface area contributed by atoms with Crippen LogP contribution in [0.5, 0.6) is 0 Å². The lowest BCUT2D eigenvalue weighted by Gasteiger charge is -2.27. The lowest BCUT2D eigenvalue weighted by molar-refractivity contribution is -0.139. The second-order valence-electron chi connectivity index (χ2n) is 4.68. The molecule has 3 N–H and O–H groups in total. The number of carbonyl (C=O) groups is 1. The predicted molar refractivity (Wildman–Crippen MR) is 73.9 cm³/mol. The first kappa shape index (κ1) is 15.3. The first-order valence-electron chi connectivity index (χ1n) is 5.47. The van der Waals surface area contributed by atoms with Crippen LogP contribution in [-0.2, 0) is 17.6 Å². The Morgan fingerprint density at radius 3 is 2.61 bits per heavy atom. The summed E-state index contributed by atoms with van der Waals surface area (Å²) in [5, 5.41) is 13.8. The minimum atomic E-state index is -1.00. The van der Waals surface area contributed by atoms with Gasteiger partial charge in [-0.05, 0) is 20.8 Å². The number of aliphatic carboxylic acids is 1. The molecule has 0 aliphatic heterocycles. The Labute approximate surface area is 116 Å². The van der Waals surface area contributed by atoms with E-state index in [2.05, 4.69) is 5.10 Å². The fourth-order valence-electron chi connectivity index (χ4n) is 1.48. The third-order valence-electron chi connectivity index (χ3n) is 2.86. The maximum Gasteiger partial charge on any atom is 0.321 e. The highest BCUT2D eigenvalue weighted by atomic mass is 35.5. The molecule has 0 saturated carbocycles. The van der Waals surface area contributed by atoms with Crippen molar-refractivity contribution >= 4 is 29.3 Å². The number of thioether (sulfide) groups is 1. The predicted octanol–water partition coefficient (Wildman–Crippen LogP) is 1.81. The number of carboxylic acid groups (broad SMARTS) is 1. The molecule has 0 aromatic carbocycles. The van der Waals surface area contributed by atoms with Crippen molar-refractivity contribution < 1.29 is 9.90 Å². The van der Waals surface area contributed by atoms with E-state index in [1.54, 1.807) is 4.68 Å². The van der Waals surface area contributed by atoms with Crippen LogP contribution >= 0.6 is 23.4 Å². The van der Waals surface area contributed by atoms with Crippen LogP contribution in [0.3, 0.4) is 0 Å². The number of carboxylic acids is 1. The van der Waals surface area contributed by atoms with Gasteiger partial charge < -0.3 is 10.8 Å². The Morgan fingerprint density at radius 2 is 2.22 bits per heavy atom. The van der Waals surface area contributed by atoms with Gasteiger partial charge in [-0.15, -0.1) is 11.8 Å². The number of nitrogens with zero attached hydrogens (tertiary/aromatic N) is 2. The monoisotopic (exact) mass is 291 g/mol. The molecular weight excluding hydrogens is 274 g/mol. The van der Waals surface area contributed by atoms with Gasteiger partial charge in [-0.3, -0.25) is 9.48 Å². The molecule has 5 nitrogen and oxygen atoms in total. The molecule has 0 aliphatic rings. The standard InChI is InChI=1S/C11H18ClN3O2S/c1-6-8(12)7(15(4)14-6)5-18-11(2,3)9(13)10(16)17/h9H,5,13H2,1-4H3,(H,16,17)/t9-/m1/s1. The van der Waals surface area contributed by atoms with Crippen molar-refractivity contribution in [3.63, 3.8) is 0 Å². The molecule has 0 fully saturated rings. The second-order valence-corrected chi connectivity index (χ2v) is 6.69. The molecule has 0 unspecified atom stereocenters. The molecule has 1 aromatic rings. The van der Waals surface area contributed by atoms with E-state index in [9.17, 15) is 4.79 Å². The van der Waals surface area contributed by atoms with Crippen molar-refractivity contribution in [3.05, 3.63) is 16.4 Å². The zero-order valence-corrected chi connectivity index (χ0v) is 12.5. The van der Waals surface area contributed by atoms with Gasteiger partial charge in [-0.25, -0.2) is 0 Å². The Kier molecular flexibility index (Phi) is 4.69. The second kappa shape index (κ2) is 5.50. The Hall–Kier alpha value is -0.720. The van der Waals surface area contributed by atoms with E-state index in [1.165, 1.54) is 11.8 Å². The van der Waals surface area contributed by atoms with Crippen LogP contribution in [0.4, 0.5) is 0 Å². The average molecular weight is 292 g/mol. The molecule has 0 spiro atoms. The molecule has 1 aromatic heterocycles. The molecule has 102 valence electrons. The Balaban J connectivity index is 2.79. The highest BCUT2D eigenvalue weighted by molar-refractivity contribution is 7.99. The molecule has 18 heavy (non-hydrogen) atoms. The molecule has 1 atom stereocenters. The molecule has 0 aliphatic carbocycles.